The Balaban J connectivity index is 1.82. The first-order valence-electron chi connectivity index (χ1n) is 7.08. The third kappa shape index (κ3) is 2.83. The van der Waals surface area contributed by atoms with Crippen LogP contribution in [0.3, 0.4) is 0 Å². The minimum Gasteiger partial charge on any atom is -0.319 e. The first-order chi connectivity index (χ1) is 9.74. The average Bonchev–Trinajstić information content (AvgIpc) is 2.77. The van der Waals surface area contributed by atoms with E-state index in [0.29, 0.717) is 6.54 Å². The van der Waals surface area contributed by atoms with Gasteiger partial charge in [-0.25, -0.2) is 0 Å². The van der Waals surface area contributed by atoms with E-state index in [-0.39, 0.29) is 5.91 Å². The van der Waals surface area contributed by atoms with Gasteiger partial charge in [0, 0.05) is 7.05 Å². The number of rotatable bonds is 2. The molecule has 0 saturated carbocycles. The van der Waals surface area contributed by atoms with Gasteiger partial charge in [0.05, 0.1) is 16.8 Å². The van der Waals surface area contributed by atoms with Crippen molar-refractivity contribution in [3.8, 4) is 0 Å². The fraction of sp³-hybridized carbons (Fsp3) is 0.467. The van der Waals surface area contributed by atoms with Crippen molar-refractivity contribution < 1.29 is 4.79 Å². The number of thiazole rings is 1. The first-order valence-corrected chi connectivity index (χ1v) is 7.90. The molecule has 1 saturated heterocycles. The summed E-state index contributed by atoms with van der Waals surface area (Å²) < 4.78 is 3.16. The number of aromatic nitrogens is 1. The van der Waals surface area contributed by atoms with E-state index in [2.05, 4.69) is 22.0 Å². The number of fused-ring (bicyclic) bond motifs is 1. The van der Waals surface area contributed by atoms with Gasteiger partial charge in [0.1, 0.15) is 0 Å². The number of likely N-dealkylation sites (tertiary alicyclic amines) is 1. The van der Waals surface area contributed by atoms with Gasteiger partial charge in [-0.15, -0.1) is 0 Å². The molecule has 1 aliphatic rings. The van der Waals surface area contributed by atoms with Gasteiger partial charge in [-0.05, 0) is 38.1 Å². The minimum atomic E-state index is -0.0333. The molecule has 2 heterocycles. The number of piperidine rings is 1. The Labute approximate surface area is 122 Å². The number of hydrogen-bond acceptors (Lipinski definition) is 3. The van der Waals surface area contributed by atoms with Gasteiger partial charge in [0.25, 0.3) is 5.91 Å². The van der Waals surface area contributed by atoms with E-state index in [1.54, 1.807) is 11.3 Å². The molecule has 1 aromatic carbocycles. The van der Waals surface area contributed by atoms with Crippen molar-refractivity contribution in [1.82, 2.24) is 9.47 Å². The molecule has 3 rings (SSSR count). The molecule has 1 aliphatic heterocycles. The molecule has 1 fully saturated rings. The fourth-order valence-corrected chi connectivity index (χ4v) is 3.67. The number of benzene rings is 1. The van der Waals surface area contributed by atoms with Gasteiger partial charge in [-0.3, -0.25) is 9.69 Å². The quantitative estimate of drug-likeness (QED) is 0.849. The molecule has 5 heteroatoms. The van der Waals surface area contributed by atoms with Crippen LogP contribution in [0, 0.1) is 0 Å². The average molecular weight is 289 g/mol. The van der Waals surface area contributed by atoms with E-state index in [1.165, 1.54) is 24.0 Å². The molecule has 0 aliphatic carbocycles. The Kier molecular flexibility index (Phi) is 3.98. The lowest BCUT2D eigenvalue weighted by atomic mass is 10.1. The predicted molar refractivity (Wildman–Crippen MR) is 81.7 cm³/mol. The topological polar surface area (TPSA) is 37.6 Å². The Morgan fingerprint density at radius 2 is 2.00 bits per heavy atom. The zero-order valence-corrected chi connectivity index (χ0v) is 12.5. The number of para-hydroxylation sites is 1. The minimum absolute atomic E-state index is 0.0333. The van der Waals surface area contributed by atoms with Crippen molar-refractivity contribution in [1.29, 1.82) is 0 Å². The van der Waals surface area contributed by atoms with Gasteiger partial charge in [-0.2, -0.15) is 4.99 Å². The molecule has 0 atom stereocenters. The summed E-state index contributed by atoms with van der Waals surface area (Å²) in [5, 5.41) is 0. The van der Waals surface area contributed by atoms with Crippen LogP contribution in [0.5, 0.6) is 0 Å². The van der Waals surface area contributed by atoms with Crippen LogP contribution in [0.25, 0.3) is 10.2 Å². The molecule has 0 radical (unpaired) electrons. The summed E-state index contributed by atoms with van der Waals surface area (Å²) >= 11 is 1.57. The lowest BCUT2D eigenvalue weighted by Gasteiger charge is -2.24. The number of aryl methyl sites for hydroxylation is 1. The molecule has 20 heavy (non-hydrogen) atoms. The first kappa shape index (κ1) is 13.5. The van der Waals surface area contributed by atoms with Crippen molar-refractivity contribution in [2.24, 2.45) is 12.0 Å². The maximum atomic E-state index is 12.1. The van der Waals surface area contributed by atoms with Crippen LogP contribution < -0.4 is 4.80 Å². The van der Waals surface area contributed by atoms with Crippen molar-refractivity contribution in [3.63, 3.8) is 0 Å². The van der Waals surface area contributed by atoms with Gasteiger partial charge in [0.15, 0.2) is 4.80 Å². The van der Waals surface area contributed by atoms with Gasteiger partial charge in [-0.1, -0.05) is 29.9 Å². The largest absolute Gasteiger partial charge is 0.319 e. The zero-order valence-electron chi connectivity index (χ0n) is 11.7. The van der Waals surface area contributed by atoms with Crippen molar-refractivity contribution in [2.45, 2.75) is 19.3 Å². The summed E-state index contributed by atoms with van der Waals surface area (Å²) in [7, 11) is 1.96. The van der Waals surface area contributed by atoms with Crippen LogP contribution in [-0.4, -0.2) is 35.0 Å². The highest BCUT2D eigenvalue weighted by atomic mass is 32.1. The van der Waals surface area contributed by atoms with Crippen LogP contribution in [0.1, 0.15) is 19.3 Å². The molecule has 0 N–H and O–H groups in total. The molecule has 4 nitrogen and oxygen atoms in total. The lowest BCUT2D eigenvalue weighted by Crippen LogP contribution is -2.34. The molecule has 0 spiro atoms. The van der Waals surface area contributed by atoms with Gasteiger partial charge < -0.3 is 4.57 Å². The van der Waals surface area contributed by atoms with Gasteiger partial charge in [0.2, 0.25) is 0 Å². The van der Waals surface area contributed by atoms with Crippen LogP contribution in [-0.2, 0) is 11.8 Å². The van der Waals surface area contributed by atoms with Crippen molar-refractivity contribution in [3.05, 3.63) is 29.1 Å². The third-order valence-electron chi connectivity index (χ3n) is 3.74. The lowest BCUT2D eigenvalue weighted by molar-refractivity contribution is -0.119. The number of amides is 1. The number of carbonyl (C=O) groups is 1. The zero-order chi connectivity index (χ0) is 13.9. The smallest absolute Gasteiger partial charge is 0.262 e. The summed E-state index contributed by atoms with van der Waals surface area (Å²) in [4.78, 5) is 19.4. The normalized spacial score (nSPS) is 17.8. The standard InChI is InChI=1S/C15H19N3OS/c1-17-12-7-3-4-8-13(12)20-15(17)16-14(19)11-18-9-5-2-6-10-18/h3-4,7-8H,2,5-6,9-11H2,1H3. The van der Waals surface area contributed by atoms with E-state index >= 15 is 0 Å². The Hall–Kier alpha value is -1.46. The molecule has 106 valence electrons. The maximum Gasteiger partial charge on any atom is 0.262 e. The van der Waals surface area contributed by atoms with Crippen LogP contribution >= 0.6 is 11.3 Å². The van der Waals surface area contributed by atoms with Crippen LogP contribution in [0.15, 0.2) is 29.3 Å². The molecular weight excluding hydrogens is 270 g/mol. The summed E-state index contributed by atoms with van der Waals surface area (Å²) in [5.74, 6) is -0.0333. The second-order valence-electron chi connectivity index (χ2n) is 5.25. The number of hydrogen-bond donors (Lipinski definition) is 0. The van der Waals surface area contributed by atoms with Crippen molar-refractivity contribution >= 4 is 27.5 Å². The summed E-state index contributed by atoms with van der Waals surface area (Å²) in [6.45, 7) is 2.51. The molecule has 0 unspecified atom stereocenters. The fourth-order valence-electron chi connectivity index (χ4n) is 2.64. The Bertz CT molecular complexity index is 680. The van der Waals surface area contributed by atoms with E-state index in [0.717, 1.165) is 23.4 Å². The number of carbonyl (C=O) groups excluding carboxylic acids is 1. The van der Waals surface area contributed by atoms with Crippen molar-refractivity contribution in [2.75, 3.05) is 19.6 Å². The maximum absolute atomic E-state index is 12.1. The SMILES string of the molecule is Cn1c(=NC(=O)CN2CCCCC2)sc2ccccc21. The molecule has 0 bridgehead atoms. The summed E-state index contributed by atoms with van der Waals surface area (Å²) in [6.07, 6.45) is 3.68. The van der Waals surface area contributed by atoms with Crippen LogP contribution in [0.4, 0.5) is 0 Å². The second-order valence-corrected chi connectivity index (χ2v) is 6.26. The highest BCUT2D eigenvalue weighted by Crippen LogP contribution is 2.15. The summed E-state index contributed by atoms with van der Waals surface area (Å²) in [5.41, 5.74) is 1.13. The third-order valence-corrected chi connectivity index (χ3v) is 4.86. The highest BCUT2D eigenvalue weighted by molar-refractivity contribution is 7.16. The Morgan fingerprint density at radius 1 is 1.25 bits per heavy atom. The summed E-state index contributed by atoms with van der Waals surface area (Å²) in [6, 6.07) is 8.14. The van der Waals surface area contributed by atoms with E-state index in [4.69, 9.17) is 0 Å². The van der Waals surface area contributed by atoms with E-state index < -0.39 is 0 Å². The predicted octanol–water partition coefficient (Wildman–Crippen LogP) is 2.15. The van der Waals surface area contributed by atoms with E-state index in [9.17, 15) is 4.79 Å². The molecule has 2 aromatic rings. The highest BCUT2D eigenvalue weighted by Gasteiger charge is 2.13. The Morgan fingerprint density at radius 3 is 2.75 bits per heavy atom. The molecule has 1 amide bonds. The van der Waals surface area contributed by atoms with Crippen LogP contribution in [0.2, 0.25) is 0 Å². The number of nitrogens with zero attached hydrogens (tertiary/aromatic N) is 3. The molecule has 1 aromatic heterocycles. The van der Waals surface area contributed by atoms with E-state index in [1.807, 2.05) is 23.7 Å². The second kappa shape index (κ2) is 5.89. The monoisotopic (exact) mass is 289 g/mol. The van der Waals surface area contributed by atoms with Gasteiger partial charge >= 0.3 is 0 Å². The molecular formula is C15H19N3OS.